The molecule has 1 aliphatic heterocycles. The molecule has 0 atom stereocenters. The van der Waals surface area contributed by atoms with Crippen molar-refractivity contribution in [3.63, 3.8) is 0 Å². The lowest BCUT2D eigenvalue weighted by Gasteiger charge is -2.35. The highest BCUT2D eigenvalue weighted by Gasteiger charge is 2.19. The van der Waals surface area contributed by atoms with Crippen LogP contribution >= 0.6 is 0 Å². The lowest BCUT2D eigenvalue weighted by Crippen LogP contribution is -2.46. The van der Waals surface area contributed by atoms with Gasteiger partial charge in [0.15, 0.2) is 11.4 Å². The molecule has 0 unspecified atom stereocenters. The van der Waals surface area contributed by atoms with Gasteiger partial charge in [0.2, 0.25) is 11.8 Å². The van der Waals surface area contributed by atoms with Crippen molar-refractivity contribution < 1.29 is 13.2 Å². The van der Waals surface area contributed by atoms with E-state index < -0.39 is 11.6 Å². The van der Waals surface area contributed by atoms with Crippen LogP contribution in [0.2, 0.25) is 0 Å². The first kappa shape index (κ1) is 22.2. The predicted octanol–water partition coefficient (Wildman–Crippen LogP) is 3.58. The van der Waals surface area contributed by atoms with Crippen molar-refractivity contribution in [1.82, 2.24) is 29.0 Å². The molecule has 2 N–H and O–H groups in total. The summed E-state index contributed by atoms with van der Waals surface area (Å²) in [5, 5.41) is 5.28. The lowest BCUT2D eigenvalue weighted by atomic mass is 10.2. The summed E-state index contributed by atoms with van der Waals surface area (Å²) in [6.45, 7) is 4.40. The highest BCUT2D eigenvalue weighted by atomic mass is 19.1. The fraction of sp³-hybridized carbons (Fsp3) is 0.240. The van der Waals surface area contributed by atoms with Crippen molar-refractivity contribution in [2.75, 3.05) is 43.4 Å². The Balaban J connectivity index is 1.10. The van der Waals surface area contributed by atoms with E-state index in [-0.39, 0.29) is 5.95 Å². The van der Waals surface area contributed by atoms with E-state index in [0.717, 1.165) is 36.7 Å². The van der Waals surface area contributed by atoms with Crippen molar-refractivity contribution in [1.29, 1.82) is 0 Å². The first-order valence-electron chi connectivity index (χ1n) is 11.7. The van der Waals surface area contributed by atoms with Crippen LogP contribution in [0, 0.1) is 11.6 Å². The number of nitrogen functional groups attached to an aromatic ring is 1. The second-order valence-electron chi connectivity index (χ2n) is 8.68. The molecule has 36 heavy (non-hydrogen) atoms. The number of allylic oxidation sites excluding steroid dienone is 1. The molecule has 1 saturated heterocycles. The molecule has 0 bridgehead atoms. The standard InChI is InChI=1S/C25H24F2N8O/c26-17-5-6-20(19(27)16-17)33-13-11-32(12-14-33)8-1-2-9-34-10-7-18-23(34)30-25(28)35-24(18)29-22(31-35)21-4-3-15-36-21/h1-7,10,15-16H,8-9,11-14H2,(H2,28,30)/b2-1+. The van der Waals surface area contributed by atoms with E-state index in [2.05, 4.69) is 32.1 Å². The van der Waals surface area contributed by atoms with Crippen molar-refractivity contribution in [3.8, 4) is 11.6 Å². The second-order valence-corrected chi connectivity index (χ2v) is 8.68. The first-order valence-corrected chi connectivity index (χ1v) is 11.7. The van der Waals surface area contributed by atoms with Gasteiger partial charge < -0.3 is 19.6 Å². The van der Waals surface area contributed by atoms with Gasteiger partial charge in [-0.25, -0.2) is 13.8 Å². The minimum absolute atomic E-state index is 0.252. The number of furan rings is 1. The zero-order valence-corrected chi connectivity index (χ0v) is 19.4. The Bertz CT molecular complexity index is 1550. The summed E-state index contributed by atoms with van der Waals surface area (Å²) < 4.78 is 36.2. The van der Waals surface area contributed by atoms with E-state index >= 15 is 0 Å². The van der Waals surface area contributed by atoms with E-state index in [9.17, 15) is 8.78 Å². The van der Waals surface area contributed by atoms with Gasteiger partial charge in [0.1, 0.15) is 17.3 Å². The largest absolute Gasteiger partial charge is 0.461 e. The molecule has 0 amide bonds. The van der Waals surface area contributed by atoms with Crippen LogP contribution in [0.25, 0.3) is 28.3 Å². The number of piperazine rings is 1. The van der Waals surface area contributed by atoms with Crippen LogP contribution in [0.5, 0.6) is 0 Å². The van der Waals surface area contributed by atoms with E-state index in [1.807, 2.05) is 21.7 Å². The smallest absolute Gasteiger partial charge is 0.225 e. The molecule has 0 radical (unpaired) electrons. The van der Waals surface area contributed by atoms with E-state index in [1.54, 1.807) is 18.4 Å². The maximum Gasteiger partial charge on any atom is 0.225 e. The molecule has 9 nitrogen and oxygen atoms in total. The summed E-state index contributed by atoms with van der Waals surface area (Å²) in [7, 11) is 0. The Hall–Kier alpha value is -4.25. The third-order valence-corrected chi connectivity index (χ3v) is 6.42. The average molecular weight is 491 g/mol. The summed E-state index contributed by atoms with van der Waals surface area (Å²) in [4.78, 5) is 13.4. The van der Waals surface area contributed by atoms with Crippen LogP contribution in [0.1, 0.15) is 0 Å². The van der Waals surface area contributed by atoms with Crippen LogP contribution in [-0.2, 0) is 6.54 Å². The molecule has 5 heterocycles. The van der Waals surface area contributed by atoms with Crippen LogP contribution < -0.4 is 10.6 Å². The fourth-order valence-corrected chi connectivity index (χ4v) is 4.54. The summed E-state index contributed by atoms with van der Waals surface area (Å²) >= 11 is 0. The van der Waals surface area contributed by atoms with Crippen molar-refractivity contribution in [3.05, 3.63) is 72.6 Å². The van der Waals surface area contributed by atoms with Crippen molar-refractivity contribution in [2.24, 2.45) is 0 Å². The number of nitrogens with zero attached hydrogens (tertiary/aromatic N) is 7. The Labute approximate surface area is 205 Å². The quantitative estimate of drug-likeness (QED) is 0.364. The van der Waals surface area contributed by atoms with Crippen LogP contribution in [-0.4, -0.2) is 61.8 Å². The summed E-state index contributed by atoms with van der Waals surface area (Å²) in [5.41, 5.74) is 7.99. The third kappa shape index (κ3) is 4.07. The second kappa shape index (κ2) is 9.08. The van der Waals surface area contributed by atoms with E-state index in [0.29, 0.717) is 42.6 Å². The van der Waals surface area contributed by atoms with Crippen LogP contribution in [0.4, 0.5) is 20.4 Å². The highest BCUT2D eigenvalue weighted by Crippen LogP contribution is 2.25. The van der Waals surface area contributed by atoms with E-state index in [1.165, 1.54) is 16.6 Å². The number of hydrogen-bond donors (Lipinski definition) is 1. The molecule has 4 aromatic heterocycles. The minimum atomic E-state index is -0.558. The number of anilines is 2. The molecule has 11 heteroatoms. The van der Waals surface area contributed by atoms with Gasteiger partial charge in [-0.2, -0.15) is 9.50 Å². The van der Waals surface area contributed by atoms with Crippen LogP contribution in [0.3, 0.4) is 0 Å². The van der Waals surface area contributed by atoms with Crippen LogP contribution in [0.15, 0.2) is 65.4 Å². The summed E-state index contributed by atoms with van der Waals surface area (Å²) in [6, 6.07) is 9.28. The maximum absolute atomic E-state index is 14.1. The number of halogens is 2. The Morgan fingerprint density at radius 2 is 1.81 bits per heavy atom. The molecule has 5 aromatic rings. The fourth-order valence-electron chi connectivity index (χ4n) is 4.54. The van der Waals surface area contributed by atoms with Crippen molar-refractivity contribution >= 4 is 28.3 Å². The van der Waals surface area contributed by atoms with Gasteiger partial charge in [-0.3, -0.25) is 4.90 Å². The summed E-state index contributed by atoms with van der Waals surface area (Å²) in [5.74, 6) is 0.199. The number of rotatable bonds is 6. The molecular formula is C25H24F2N8O. The van der Waals surface area contributed by atoms with Gasteiger partial charge >= 0.3 is 0 Å². The molecule has 6 rings (SSSR count). The molecule has 184 valence electrons. The van der Waals surface area contributed by atoms with E-state index in [4.69, 9.17) is 10.2 Å². The molecule has 0 saturated carbocycles. The zero-order chi connectivity index (χ0) is 24.6. The third-order valence-electron chi connectivity index (χ3n) is 6.42. The van der Waals surface area contributed by atoms with Gasteiger partial charge in [-0.05, 0) is 30.3 Å². The molecule has 0 aliphatic carbocycles. The minimum Gasteiger partial charge on any atom is -0.461 e. The van der Waals surface area contributed by atoms with Gasteiger partial charge in [0.05, 0.1) is 17.3 Å². The lowest BCUT2D eigenvalue weighted by molar-refractivity contribution is 0.283. The van der Waals surface area contributed by atoms with Gasteiger partial charge in [0.25, 0.3) is 0 Å². The average Bonchev–Trinajstić information content (AvgIpc) is 3.62. The Morgan fingerprint density at radius 3 is 2.58 bits per heavy atom. The number of hydrogen-bond acceptors (Lipinski definition) is 7. The SMILES string of the molecule is Nc1nc2c(ccn2C/C=C/CN2CCN(c3ccc(F)cc3F)CC2)c2nc(-c3ccco3)nn12. The van der Waals surface area contributed by atoms with Gasteiger partial charge in [-0.1, -0.05) is 12.2 Å². The normalized spacial score (nSPS) is 15.1. The Kier molecular flexibility index (Phi) is 5.61. The topological polar surface area (TPSA) is 93.6 Å². The molecular weight excluding hydrogens is 466 g/mol. The number of nitrogens with two attached hydrogens (primary N) is 1. The highest BCUT2D eigenvalue weighted by molar-refractivity contribution is 5.91. The Morgan fingerprint density at radius 1 is 0.972 bits per heavy atom. The zero-order valence-electron chi connectivity index (χ0n) is 19.4. The molecule has 1 aromatic carbocycles. The van der Waals surface area contributed by atoms with Gasteiger partial charge in [0, 0.05) is 51.5 Å². The first-order chi connectivity index (χ1) is 17.6. The number of benzene rings is 1. The number of fused-ring (bicyclic) bond motifs is 3. The predicted molar refractivity (Wildman–Crippen MR) is 133 cm³/mol. The monoisotopic (exact) mass is 490 g/mol. The van der Waals surface area contributed by atoms with Crippen molar-refractivity contribution in [2.45, 2.75) is 6.54 Å². The summed E-state index contributed by atoms with van der Waals surface area (Å²) in [6.07, 6.45) is 7.74. The van der Waals surface area contributed by atoms with Gasteiger partial charge in [-0.15, -0.1) is 5.10 Å². The molecule has 1 aliphatic rings. The number of aromatic nitrogens is 5. The molecule has 0 spiro atoms. The maximum atomic E-state index is 14.1. The molecule has 1 fully saturated rings.